The van der Waals surface area contributed by atoms with Gasteiger partial charge in [0, 0.05) is 6.61 Å². The van der Waals surface area contributed by atoms with E-state index in [-0.39, 0.29) is 23.1 Å². The minimum absolute atomic E-state index is 0. The number of hydrogen-bond donors (Lipinski definition) is 1. The molecule has 2 heteroatoms. The molecule has 0 aliphatic rings. The summed E-state index contributed by atoms with van der Waals surface area (Å²) < 4.78 is 0. The van der Waals surface area contributed by atoms with Gasteiger partial charge in [-0.3, -0.25) is 0 Å². The summed E-state index contributed by atoms with van der Waals surface area (Å²) in [6.07, 6.45) is 2.28. The van der Waals surface area contributed by atoms with Crippen molar-refractivity contribution in [2.24, 2.45) is 5.92 Å². The zero-order valence-corrected chi connectivity index (χ0v) is 8.97. The summed E-state index contributed by atoms with van der Waals surface area (Å²) in [7, 11) is 0. The van der Waals surface area contributed by atoms with Crippen molar-refractivity contribution in [3.8, 4) is 0 Å². The van der Waals surface area contributed by atoms with Crippen molar-refractivity contribution in [3.05, 3.63) is 6.92 Å². The number of rotatable bonds is 2. The SMILES string of the molecule is CC(C)CO.[CH2-]CCC.[Mg+2]. The quantitative estimate of drug-likeness (QED) is 0.477. The Morgan fingerprint density at radius 2 is 1.60 bits per heavy atom. The van der Waals surface area contributed by atoms with Crippen LogP contribution in [0.25, 0.3) is 0 Å². The molecule has 0 aliphatic carbocycles. The molecule has 0 saturated heterocycles. The first-order valence-electron chi connectivity index (χ1n) is 3.59. The Labute approximate surface area is 81.4 Å². The predicted molar refractivity (Wildman–Crippen MR) is 47.9 cm³/mol. The Hall–Kier alpha value is 0.726. The minimum atomic E-state index is 0. The molecule has 0 fully saturated rings. The molecule has 1 nitrogen and oxygen atoms in total. The molecular weight excluding hydrogens is 136 g/mol. The average Bonchev–Trinajstić information content (AvgIpc) is 1.89. The van der Waals surface area contributed by atoms with E-state index < -0.39 is 0 Å². The first kappa shape index (κ1) is 17.0. The van der Waals surface area contributed by atoms with Gasteiger partial charge in [0.05, 0.1) is 0 Å². The molecular formula is C8H19MgO+. The number of aliphatic hydroxyl groups is 1. The largest absolute Gasteiger partial charge is 2.00 e. The first-order valence-corrected chi connectivity index (χ1v) is 3.59. The Morgan fingerprint density at radius 3 is 1.60 bits per heavy atom. The molecule has 0 atom stereocenters. The molecule has 0 spiro atoms. The first-order chi connectivity index (χ1) is 4.18. The van der Waals surface area contributed by atoms with Gasteiger partial charge in [0.1, 0.15) is 0 Å². The van der Waals surface area contributed by atoms with Gasteiger partial charge in [0.15, 0.2) is 0 Å². The van der Waals surface area contributed by atoms with Crippen LogP contribution in [0.2, 0.25) is 0 Å². The van der Waals surface area contributed by atoms with Crippen LogP contribution in [-0.2, 0) is 0 Å². The molecule has 0 aromatic rings. The summed E-state index contributed by atoms with van der Waals surface area (Å²) in [6, 6.07) is 0. The Bertz CT molecular complexity index is 36.2. The Balaban J connectivity index is -0.0000000910. The molecule has 0 rings (SSSR count). The van der Waals surface area contributed by atoms with Crippen molar-refractivity contribution < 1.29 is 5.11 Å². The van der Waals surface area contributed by atoms with E-state index in [9.17, 15) is 0 Å². The predicted octanol–water partition coefficient (Wildman–Crippen LogP) is 1.87. The normalized spacial score (nSPS) is 7.80. The van der Waals surface area contributed by atoms with Crippen molar-refractivity contribution in [2.75, 3.05) is 6.61 Å². The van der Waals surface area contributed by atoms with Gasteiger partial charge >= 0.3 is 23.1 Å². The fourth-order valence-electron chi connectivity index (χ4n) is 0. The van der Waals surface area contributed by atoms with E-state index in [1.165, 1.54) is 6.42 Å². The van der Waals surface area contributed by atoms with Gasteiger partial charge in [0.25, 0.3) is 0 Å². The van der Waals surface area contributed by atoms with Gasteiger partial charge in [-0.2, -0.15) is 6.42 Å². The molecule has 58 valence electrons. The van der Waals surface area contributed by atoms with E-state index in [0.29, 0.717) is 12.5 Å². The van der Waals surface area contributed by atoms with Crippen LogP contribution in [0.1, 0.15) is 33.6 Å². The standard InChI is InChI=1S/C4H10O.C4H9.Mg/c1-4(2)3-5;1-3-4-2;/h4-5H,3H2,1-2H3;1,3-4H2,2H3;/q;-1;+2. The second-order valence-electron chi connectivity index (χ2n) is 2.43. The third-order valence-corrected chi connectivity index (χ3v) is 0.719. The van der Waals surface area contributed by atoms with Crippen molar-refractivity contribution >= 4 is 23.1 Å². The maximum atomic E-state index is 8.14. The third kappa shape index (κ3) is 37.5. The average molecular weight is 156 g/mol. The summed E-state index contributed by atoms with van der Waals surface area (Å²) in [5.41, 5.74) is 0. The van der Waals surface area contributed by atoms with Crippen molar-refractivity contribution in [2.45, 2.75) is 33.6 Å². The summed E-state index contributed by atoms with van der Waals surface area (Å²) in [6.45, 7) is 9.97. The van der Waals surface area contributed by atoms with Crippen LogP contribution in [0.4, 0.5) is 0 Å². The van der Waals surface area contributed by atoms with E-state index >= 15 is 0 Å². The van der Waals surface area contributed by atoms with Crippen LogP contribution in [0.5, 0.6) is 0 Å². The second kappa shape index (κ2) is 16.4. The minimum Gasteiger partial charge on any atom is -0.396 e. The number of hydrogen-bond acceptors (Lipinski definition) is 1. The molecule has 0 amide bonds. The molecule has 0 heterocycles. The van der Waals surface area contributed by atoms with E-state index in [0.717, 1.165) is 6.42 Å². The Morgan fingerprint density at radius 1 is 1.40 bits per heavy atom. The maximum Gasteiger partial charge on any atom is 2.00 e. The fourth-order valence-corrected chi connectivity index (χ4v) is 0. The molecule has 1 N–H and O–H groups in total. The van der Waals surface area contributed by atoms with Crippen molar-refractivity contribution in [3.63, 3.8) is 0 Å². The van der Waals surface area contributed by atoms with Gasteiger partial charge < -0.3 is 12.0 Å². The molecule has 0 aromatic heterocycles. The second-order valence-corrected chi connectivity index (χ2v) is 2.43. The van der Waals surface area contributed by atoms with Gasteiger partial charge in [-0.1, -0.05) is 27.2 Å². The van der Waals surface area contributed by atoms with Crippen LogP contribution in [-0.4, -0.2) is 34.8 Å². The third-order valence-electron chi connectivity index (χ3n) is 0.719. The van der Waals surface area contributed by atoms with Gasteiger partial charge in [-0.15, -0.1) is 0 Å². The van der Waals surface area contributed by atoms with Gasteiger partial charge in [0.2, 0.25) is 0 Å². The molecule has 0 aromatic carbocycles. The van der Waals surface area contributed by atoms with E-state index in [1.54, 1.807) is 0 Å². The topological polar surface area (TPSA) is 20.2 Å². The summed E-state index contributed by atoms with van der Waals surface area (Å²) in [4.78, 5) is 0. The molecule has 0 saturated carbocycles. The fraction of sp³-hybridized carbons (Fsp3) is 0.875. The van der Waals surface area contributed by atoms with Crippen LogP contribution in [0.3, 0.4) is 0 Å². The van der Waals surface area contributed by atoms with Crippen molar-refractivity contribution in [1.29, 1.82) is 0 Å². The maximum absolute atomic E-state index is 8.14. The smallest absolute Gasteiger partial charge is 0.396 e. The van der Waals surface area contributed by atoms with E-state index in [1.807, 2.05) is 13.8 Å². The van der Waals surface area contributed by atoms with Crippen LogP contribution in [0, 0.1) is 12.8 Å². The molecule has 0 radical (unpaired) electrons. The monoisotopic (exact) mass is 155 g/mol. The van der Waals surface area contributed by atoms with Crippen LogP contribution in [0.15, 0.2) is 0 Å². The zero-order chi connectivity index (χ0) is 7.70. The van der Waals surface area contributed by atoms with Crippen LogP contribution >= 0.6 is 0 Å². The van der Waals surface area contributed by atoms with Crippen LogP contribution < -0.4 is 0 Å². The van der Waals surface area contributed by atoms with Gasteiger partial charge in [-0.05, 0) is 5.92 Å². The van der Waals surface area contributed by atoms with E-state index in [2.05, 4.69) is 13.8 Å². The zero-order valence-electron chi connectivity index (χ0n) is 7.56. The summed E-state index contributed by atoms with van der Waals surface area (Å²) in [5, 5.41) is 8.14. The molecule has 0 aliphatic heterocycles. The number of unbranched alkanes of at least 4 members (excludes halogenated alkanes) is 1. The van der Waals surface area contributed by atoms with Crippen molar-refractivity contribution in [1.82, 2.24) is 0 Å². The number of aliphatic hydroxyl groups excluding tert-OH is 1. The van der Waals surface area contributed by atoms with E-state index in [4.69, 9.17) is 5.11 Å². The molecule has 0 bridgehead atoms. The Kier molecular flexibility index (Phi) is 27.8. The van der Waals surface area contributed by atoms with Gasteiger partial charge in [-0.25, -0.2) is 0 Å². The summed E-state index contributed by atoms with van der Waals surface area (Å²) >= 11 is 0. The summed E-state index contributed by atoms with van der Waals surface area (Å²) in [5.74, 6) is 0.440. The molecule has 10 heavy (non-hydrogen) atoms. The molecule has 0 unspecified atom stereocenters.